The minimum atomic E-state index is -1.02. The molecule has 0 amide bonds. The van der Waals surface area contributed by atoms with E-state index >= 15 is 0 Å². The minimum absolute atomic E-state index is 0.210. The van der Waals surface area contributed by atoms with E-state index in [0.717, 1.165) is 19.3 Å². The van der Waals surface area contributed by atoms with Gasteiger partial charge >= 0.3 is 5.97 Å². The summed E-state index contributed by atoms with van der Waals surface area (Å²) in [7, 11) is 3.13. The van der Waals surface area contributed by atoms with Crippen molar-refractivity contribution >= 4 is 23.3 Å². The van der Waals surface area contributed by atoms with E-state index in [1.54, 1.807) is 32.4 Å². The summed E-state index contributed by atoms with van der Waals surface area (Å²) >= 11 is 0. The van der Waals surface area contributed by atoms with Gasteiger partial charge in [-0.15, -0.1) is 0 Å². The van der Waals surface area contributed by atoms with Crippen LogP contribution in [0.3, 0.4) is 0 Å². The molecule has 1 aromatic rings. The van der Waals surface area contributed by atoms with E-state index in [4.69, 9.17) is 14.2 Å². The highest BCUT2D eigenvalue weighted by molar-refractivity contribution is 6.25. The van der Waals surface area contributed by atoms with Gasteiger partial charge in [0, 0.05) is 12.6 Å². The number of esters is 1. The zero-order valence-corrected chi connectivity index (χ0v) is 23.8. The van der Waals surface area contributed by atoms with Crippen LogP contribution >= 0.6 is 0 Å². The number of cyclic esters (lactones) is 1. The standard InChI is InChI=1S/C31H48N2O5/c1-4-5-6-7-8-9-10-11-12-13-14-15-16-17-18-19-22-32-30(29-27(34)24-38-31(29)35)33-26-21-20-25(36-2)23-28(26)37-3/h11-12,20-21,23,29H,4-10,13-19,22,24H2,1-3H3,(H,32,33). The number of Topliss-reactive ketones (excluding diaryl/α,β-unsaturated/α-hetero) is 1. The molecule has 0 aliphatic carbocycles. The number of carbonyl (C=O) groups is 2. The topological polar surface area (TPSA) is 86.2 Å². The molecule has 0 aromatic heterocycles. The van der Waals surface area contributed by atoms with Crippen molar-refractivity contribution in [2.45, 2.75) is 96.8 Å². The zero-order chi connectivity index (χ0) is 27.4. The number of carbonyl (C=O) groups excluding carboxylic acids is 2. The Bertz CT molecular complexity index is 880. The van der Waals surface area contributed by atoms with Gasteiger partial charge in [0.05, 0.1) is 19.9 Å². The van der Waals surface area contributed by atoms with Crippen LogP contribution in [0.5, 0.6) is 11.5 Å². The Labute approximate surface area is 229 Å². The van der Waals surface area contributed by atoms with Crippen LogP contribution in [0.2, 0.25) is 0 Å². The minimum Gasteiger partial charge on any atom is -0.497 e. The number of ketones is 1. The van der Waals surface area contributed by atoms with Crippen molar-refractivity contribution < 1.29 is 23.8 Å². The molecule has 0 spiro atoms. The van der Waals surface area contributed by atoms with Gasteiger partial charge in [-0.1, -0.05) is 76.9 Å². The van der Waals surface area contributed by atoms with Crippen LogP contribution in [0.4, 0.5) is 5.69 Å². The smallest absolute Gasteiger partial charge is 0.324 e. The maximum absolute atomic E-state index is 12.3. The number of nitrogens with zero attached hydrogens (tertiary/aromatic N) is 1. The third-order valence-electron chi connectivity index (χ3n) is 6.81. The first-order valence-corrected chi connectivity index (χ1v) is 14.5. The average molecular weight is 529 g/mol. The van der Waals surface area contributed by atoms with Crippen LogP contribution in [-0.4, -0.2) is 45.0 Å². The second-order valence-electron chi connectivity index (χ2n) is 9.90. The molecular formula is C31H48N2O5. The SMILES string of the molecule is CCCCCCCCC=CCCCCCCCCN=C(Nc1ccc(OC)cc1OC)C1C(=O)COC1=O. The van der Waals surface area contributed by atoms with E-state index in [1.807, 2.05) is 0 Å². The van der Waals surface area contributed by atoms with Gasteiger partial charge in [0.25, 0.3) is 0 Å². The number of benzene rings is 1. The van der Waals surface area contributed by atoms with Crippen LogP contribution in [0.25, 0.3) is 0 Å². The Balaban J connectivity index is 1.69. The fourth-order valence-electron chi connectivity index (χ4n) is 4.51. The summed E-state index contributed by atoms with van der Waals surface area (Å²) < 4.78 is 15.6. The van der Waals surface area contributed by atoms with Crippen molar-refractivity contribution in [2.75, 3.05) is 32.7 Å². The maximum atomic E-state index is 12.3. The molecule has 1 aromatic carbocycles. The van der Waals surface area contributed by atoms with Crippen molar-refractivity contribution in [1.82, 2.24) is 0 Å². The van der Waals surface area contributed by atoms with Crippen LogP contribution < -0.4 is 14.8 Å². The molecule has 2 rings (SSSR count). The van der Waals surface area contributed by atoms with Crippen LogP contribution in [0.1, 0.15) is 96.8 Å². The Hall–Kier alpha value is -2.83. The van der Waals surface area contributed by atoms with Gasteiger partial charge in [-0.05, 0) is 44.2 Å². The Morgan fingerprint density at radius 1 is 0.921 bits per heavy atom. The van der Waals surface area contributed by atoms with Crippen LogP contribution in [-0.2, 0) is 14.3 Å². The molecule has 1 aliphatic rings. The summed E-state index contributed by atoms with van der Waals surface area (Å²) in [5, 5.41) is 3.15. The van der Waals surface area contributed by atoms with Crippen molar-refractivity contribution in [1.29, 1.82) is 0 Å². The summed E-state index contributed by atoms with van der Waals surface area (Å²) in [6.45, 7) is 2.59. The second-order valence-corrected chi connectivity index (χ2v) is 9.90. The molecule has 0 bridgehead atoms. The van der Waals surface area contributed by atoms with E-state index in [0.29, 0.717) is 29.6 Å². The molecule has 0 saturated carbocycles. The number of unbranched alkanes of at least 4 members (excludes halogenated alkanes) is 12. The number of amidine groups is 1. The van der Waals surface area contributed by atoms with Gasteiger partial charge in [0.2, 0.25) is 0 Å². The monoisotopic (exact) mass is 528 g/mol. The van der Waals surface area contributed by atoms with Crippen LogP contribution in [0, 0.1) is 5.92 Å². The Kier molecular flexibility index (Phi) is 15.9. The molecule has 212 valence electrons. The molecule has 1 atom stereocenters. The lowest BCUT2D eigenvalue weighted by Gasteiger charge is -2.16. The normalized spacial score (nSPS) is 15.8. The second kappa shape index (κ2) is 19.3. The highest BCUT2D eigenvalue weighted by atomic mass is 16.5. The lowest BCUT2D eigenvalue weighted by molar-refractivity contribution is -0.139. The quantitative estimate of drug-likeness (QED) is 0.0477. The molecule has 38 heavy (non-hydrogen) atoms. The Morgan fingerprint density at radius 3 is 2.13 bits per heavy atom. The van der Waals surface area contributed by atoms with Crippen molar-refractivity contribution in [3.8, 4) is 11.5 Å². The van der Waals surface area contributed by atoms with Crippen molar-refractivity contribution in [3.63, 3.8) is 0 Å². The van der Waals surface area contributed by atoms with Gasteiger partial charge in [0.15, 0.2) is 18.3 Å². The largest absolute Gasteiger partial charge is 0.497 e. The number of hydrogen-bond acceptors (Lipinski definition) is 6. The number of aliphatic imine (C=N–C) groups is 1. The Morgan fingerprint density at radius 2 is 1.55 bits per heavy atom. The summed E-state index contributed by atoms with van der Waals surface area (Å²) in [6, 6.07) is 5.30. The molecule has 7 heteroatoms. The number of methoxy groups -OCH3 is 2. The van der Waals surface area contributed by atoms with E-state index in [9.17, 15) is 9.59 Å². The molecule has 7 nitrogen and oxygen atoms in total. The van der Waals surface area contributed by atoms with Gasteiger partial charge in [0.1, 0.15) is 17.3 Å². The molecular weight excluding hydrogens is 480 g/mol. The first-order chi connectivity index (χ1) is 18.6. The van der Waals surface area contributed by atoms with Gasteiger partial charge < -0.3 is 19.5 Å². The summed E-state index contributed by atoms with van der Waals surface area (Å²) in [5.74, 6) is -0.367. The predicted molar refractivity (Wildman–Crippen MR) is 154 cm³/mol. The highest BCUT2D eigenvalue weighted by Gasteiger charge is 2.39. The van der Waals surface area contributed by atoms with E-state index < -0.39 is 11.9 Å². The molecule has 0 radical (unpaired) electrons. The zero-order valence-electron chi connectivity index (χ0n) is 23.8. The number of allylic oxidation sites excluding steroid dienone is 2. The first kappa shape index (κ1) is 31.4. The number of anilines is 1. The average Bonchev–Trinajstić information content (AvgIpc) is 3.27. The fraction of sp³-hybridized carbons (Fsp3) is 0.645. The van der Waals surface area contributed by atoms with E-state index in [-0.39, 0.29) is 12.4 Å². The van der Waals surface area contributed by atoms with Gasteiger partial charge in [-0.25, -0.2) is 0 Å². The molecule has 1 saturated heterocycles. The third-order valence-corrected chi connectivity index (χ3v) is 6.81. The highest BCUT2D eigenvalue weighted by Crippen LogP contribution is 2.30. The van der Waals surface area contributed by atoms with Gasteiger partial charge in [-0.2, -0.15) is 0 Å². The molecule has 1 heterocycles. The van der Waals surface area contributed by atoms with Gasteiger partial charge in [-0.3, -0.25) is 14.6 Å². The molecule has 1 fully saturated rings. The molecule has 1 aliphatic heterocycles. The van der Waals surface area contributed by atoms with E-state index in [2.05, 4.69) is 29.4 Å². The summed E-state index contributed by atoms with van der Waals surface area (Å²) in [5.41, 5.74) is 0.612. The number of nitrogens with one attached hydrogen (secondary N) is 1. The van der Waals surface area contributed by atoms with Crippen LogP contribution in [0.15, 0.2) is 35.3 Å². The fourth-order valence-corrected chi connectivity index (χ4v) is 4.51. The maximum Gasteiger partial charge on any atom is 0.324 e. The lowest BCUT2D eigenvalue weighted by atomic mass is 10.1. The van der Waals surface area contributed by atoms with E-state index in [1.165, 1.54) is 70.6 Å². The van der Waals surface area contributed by atoms with Crippen molar-refractivity contribution in [3.05, 3.63) is 30.4 Å². The third kappa shape index (κ3) is 11.7. The summed E-state index contributed by atoms with van der Waals surface area (Å²) in [4.78, 5) is 29.2. The molecule has 1 N–H and O–H groups in total. The van der Waals surface area contributed by atoms with Crippen molar-refractivity contribution in [2.24, 2.45) is 10.9 Å². The first-order valence-electron chi connectivity index (χ1n) is 14.5. The number of ether oxygens (including phenoxy) is 3. The molecule has 1 unspecified atom stereocenters. The number of hydrogen-bond donors (Lipinski definition) is 1. The summed E-state index contributed by atoms with van der Waals surface area (Å²) in [6.07, 6.45) is 22.1. The number of rotatable bonds is 20. The lowest BCUT2D eigenvalue weighted by Crippen LogP contribution is -2.32. The predicted octanol–water partition coefficient (Wildman–Crippen LogP) is 7.29.